The number of amides is 1. The summed E-state index contributed by atoms with van der Waals surface area (Å²) in [6.07, 6.45) is 3.04. The van der Waals surface area contributed by atoms with Gasteiger partial charge in [-0.05, 0) is 25.1 Å². The lowest BCUT2D eigenvalue weighted by Crippen LogP contribution is -2.25. The quantitative estimate of drug-likeness (QED) is 0.561. The molecule has 98 valence electrons. The standard InChI is InChI=1S/C13H15N5O/c1-9-3-2-4-10(17-9)7-16-13(19)11-5-6-15-8-12(11)18-14/h2-6,8,18H,7,14H2,1H3,(H,16,19). The van der Waals surface area contributed by atoms with E-state index in [1.165, 1.54) is 6.20 Å². The highest BCUT2D eigenvalue weighted by atomic mass is 16.1. The number of pyridine rings is 2. The molecule has 4 N–H and O–H groups in total. The van der Waals surface area contributed by atoms with Gasteiger partial charge in [-0.15, -0.1) is 0 Å². The number of aromatic nitrogens is 2. The zero-order valence-electron chi connectivity index (χ0n) is 10.6. The minimum atomic E-state index is -0.223. The van der Waals surface area contributed by atoms with E-state index in [1.807, 2.05) is 25.1 Å². The Morgan fingerprint density at radius 1 is 1.37 bits per heavy atom. The van der Waals surface area contributed by atoms with E-state index in [4.69, 9.17) is 5.84 Å². The summed E-state index contributed by atoms with van der Waals surface area (Å²) in [5.41, 5.74) is 5.10. The Hall–Kier alpha value is -2.47. The maximum atomic E-state index is 12.0. The van der Waals surface area contributed by atoms with E-state index >= 15 is 0 Å². The SMILES string of the molecule is Cc1cccc(CNC(=O)c2ccncc2NN)n1. The molecule has 0 aromatic carbocycles. The molecule has 0 aliphatic heterocycles. The van der Waals surface area contributed by atoms with Gasteiger partial charge in [-0.1, -0.05) is 6.07 Å². The van der Waals surface area contributed by atoms with Gasteiger partial charge in [-0.25, -0.2) is 0 Å². The molecule has 2 rings (SSSR count). The molecule has 0 saturated heterocycles. The van der Waals surface area contributed by atoms with Crippen LogP contribution in [-0.4, -0.2) is 15.9 Å². The smallest absolute Gasteiger partial charge is 0.253 e. The lowest BCUT2D eigenvalue weighted by atomic mass is 10.2. The van der Waals surface area contributed by atoms with Crippen molar-refractivity contribution in [1.29, 1.82) is 0 Å². The van der Waals surface area contributed by atoms with Crippen LogP contribution in [0.1, 0.15) is 21.7 Å². The lowest BCUT2D eigenvalue weighted by molar-refractivity contribution is 0.0951. The van der Waals surface area contributed by atoms with Crippen LogP contribution in [-0.2, 0) is 6.54 Å². The summed E-state index contributed by atoms with van der Waals surface area (Å²) in [6, 6.07) is 7.28. The summed E-state index contributed by atoms with van der Waals surface area (Å²) in [6.45, 7) is 2.28. The molecule has 0 spiro atoms. The summed E-state index contributed by atoms with van der Waals surface area (Å²) >= 11 is 0. The number of nitrogens with one attached hydrogen (secondary N) is 2. The van der Waals surface area contributed by atoms with Crippen LogP contribution < -0.4 is 16.6 Å². The number of carbonyl (C=O) groups is 1. The van der Waals surface area contributed by atoms with E-state index in [1.54, 1.807) is 12.3 Å². The second kappa shape index (κ2) is 5.92. The van der Waals surface area contributed by atoms with Crippen molar-refractivity contribution in [1.82, 2.24) is 15.3 Å². The zero-order chi connectivity index (χ0) is 13.7. The van der Waals surface area contributed by atoms with E-state index < -0.39 is 0 Å². The van der Waals surface area contributed by atoms with Gasteiger partial charge in [-0.2, -0.15) is 0 Å². The van der Waals surface area contributed by atoms with Crippen LogP contribution >= 0.6 is 0 Å². The normalized spacial score (nSPS) is 10.0. The Morgan fingerprint density at radius 2 is 2.21 bits per heavy atom. The first-order chi connectivity index (χ1) is 9.20. The van der Waals surface area contributed by atoms with E-state index in [9.17, 15) is 4.79 Å². The highest BCUT2D eigenvalue weighted by molar-refractivity contribution is 5.99. The molecule has 6 nitrogen and oxygen atoms in total. The van der Waals surface area contributed by atoms with E-state index in [0.29, 0.717) is 17.8 Å². The third kappa shape index (κ3) is 3.26. The van der Waals surface area contributed by atoms with Crippen LogP contribution in [0.2, 0.25) is 0 Å². The van der Waals surface area contributed by atoms with Crippen molar-refractivity contribution >= 4 is 11.6 Å². The molecule has 0 bridgehead atoms. The van der Waals surface area contributed by atoms with Crippen molar-refractivity contribution in [3.8, 4) is 0 Å². The summed E-state index contributed by atoms with van der Waals surface area (Å²) in [5.74, 6) is 5.11. The van der Waals surface area contributed by atoms with Gasteiger partial charge in [0.2, 0.25) is 0 Å². The second-order valence-electron chi connectivity index (χ2n) is 4.02. The average Bonchev–Trinajstić information content (AvgIpc) is 2.45. The van der Waals surface area contributed by atoms with Crippen molar-refractivity contribution in [2.24, 2.45) is 5.84 Å². The van der Waals surface area contributed by atoms with Gasteiger partial charge >= 0.3 is 0 Å². The van der Waals surface area contributed by atoms with E-state index in [-0.39, 0.29) is 5.91 Å². The molecular formula is C13H15N5O. The maximum absolute atomic E-state index is 12.0. The van der Waals surface area contributed by atoms with Crippen molar-refractivity contribution in [3.05, 3.63) is 53.6 Å². The van der Waals surface area contributed by atoms with Gasteiger partial charge in [0.15, 0.2) is 0 Å². The Balaban J connectivity index is 2.05. The van der Waals surface area contributed by atoms with Crippen molar-refractivity contribution in [2.45, 2.75) is 13.5 Å². The van der Waals surface area contributed by atoms with Crippen LogP contribution in [0.15, 0.2) is 36.7 Å². The molecule has 0 unspecified atom stereocenters. The Labute approximate surface area is 111 Å². The van der Waals surface area contributed by atoms with Crippen molar-refractivity contribution in [2.75, 3.05) is 5.43 Å². The fourth-order valence-electron chi connectivity index (χ4n) is 1.67. The highest BCUT2D eigenvalue weighted by Gasteiger charge is 2.10. The number of hydrogen-bond acceptors (Lipinski definition) is 5. The van der Waals surface area contributed by atoms with Crippen LogP contribution in [0.5, 0.6) is 0 Å². The van der Waals surface area contributed by atoms with Crippen molar-refractivity contribution in [3.63, 3.8) is 0 Å². The van der Waals surface area contributed by atoms with Crippen LogP contribution in [0.25, 0.3) is 0 Å². The summed E-state index contributed by atoms with van der Waals surface area (Å²) < 4.78 is 0. The molecule has 6 heteroatoms. The monoisotopic (exact) mass is 257 g/mol. The third-order valence-electron chi connectivity index (χ3n) is 2.60. The van der Waals surface area contributed by atoms with Crippen LogP contribution in [0, 0.1) is 6.92 Å². The first-order valence-electron chi connectivity index (χ1n) is 5.82. The van der Waals surface area contributed by atoms with Crippen molar-refractivity contribution < 1.29 is 4.79 Å². The van der Waals surface area contributed by atoms with Gasteiger partial charge in [0.25, 0.3) is 5.91 Å². The fraction of sp³-hybridized carbons (Fsp3) is 0.154. The summed E-state index contributed by atoms with van der Waals surface area (Å²) in [5, 5.41) is 2.79. The Morgan fingerprint density at radius 3 is 2.95 bits per heavy atom. The van der Waals surface area contributed by atoms with Gasteiger partial charge < -0.3 is 10.7 Å². The number of anilines is 1. The number of nitrogens with zero attached hydrogens (tertiary/aromatic N) is 2. The number of rotatable bonds is 4. The molecule has 0 aliphatic carbocycles. The largest absolute Gasteiger partial charge is 0.346 e. The molecular weight excluding hydrogens is 242 g/mol. The average molecular weight is 257 g/mol. The van der Waals surface area contributed by atoms with Gasteiger partial charge in [0.1, 0.15) is 0 Å². The number of hydrazine groups is 1. The molecule has 1 amide bonds. The summed E-state index contributed by atoms with van der Waals surface area (Å²) in [4.78, 5) is 20.2. The minimum absolute atomic E-state index is 0.223. The highest BCUT2D eigenvalue weighted by Crippen LogP contribution is 2.11. The number of nitrogens with two attached hydrogens (primary N) is 1. The number of hydrogen-bond donors (Lipinski definition) is 3. The number of nitrogen functional groups attached to an aromatic ring is 1. The predicted octanol–water partition coefficient (Wildman–Crippen LogP) is 1.00. The molecule has 0 radical (unpaired) electrons. The fourth-order valence-corrected chi connectivity index (χ4v) is 1.67. The zero-order valence-corrected chi connectivity index (χ0v) is 10.6. The van der Waals surface area contributed by atoms with Crippen LogP contribution in [0.4, 0.5) is 5.69 Å². The summed E-state index contributed by atoms with van der Waals surface area (Å²) in [7, 11) is 0. The molecule has 19 heavy (non-hydrogen) atoms. The van der Waals surface area contributed by atoms with E-state index in [2.05, 4.69) is 20.7 Å². The predicted molar refractivity (Wildman–Crippen MR) is 72.2 cm³/mol. The molecule has 2 aromatic heterocycles. The number of aryl methyl sites for hydroxylation is 1. The Kier molecular flexibility index (Phi) is 4.04. The second-order valence-corrected chi connectivity index (χ2v) is 4.02. The molecule has 0 saturated carbocycles. The molecule has 0 atom stereocenters. The Bertz CT molecular complexity index is 585. The molecule has 0 aliphatic rings. The molecule has 2 heterocycles. The van der Waals surface area contributed by atoms with Gasteiger partial charge in [0.05, 0.1) is 29.7 Å². The lowest BCUT2D eigenvalue weighted by Gasteiger charge is -2.09. The minimum Gasteiger partial charge on any atom is -0.346 e. The number of carbonyl (C=O) groups excluding carboxylic acids is 1. The topological polar surface area (TPSA) is 92.9 Å². The van der Waals surface area contributed by atoms with E-state index in [0.717, 1.165) is 11.4 Å². The molecule has 0 fully saturated rings. The first-order valence-corrected chi connectivity index (χ1v) is 5.82. The maximum Gasteiger partial charge on any atom is 0.253 e. The third-order valence-corrected chi connectivity index (χ3v) is 2.60. The molecule has 2 aromatic rings. The van der Waals surface area contributed by atoms with Crippen LogP contribution in [0.3, 0.4) is 0 Å². The van der Waals surface area contributed by atoms with Gasteiger partial charge in [-0.3, -0.25) is 20.6 Å². The van der Waals surface area contributed by atoms with Gasteiger partial charge in [0, 0.05) is 11.9 Å². The first kappa shape index (κ1) is 13.0.